The summed E-state index contributed by atoms with van der Waals surface area (Å²) < 4.78 is 0. The zero-order valence-electron chi connectivity index (χ0n) is 11.6. The number of para-hydroxylation sites is 1. The molecule has 1 atom stereocenters. The largest absolute Gasteiger partial charge is 0.399 e. The molecule has 1 aromatic carbocycles. The van der Waals surface area contributed by atoms with Crippen molar-refractivity contribution in [2.24, 2.45) is 0 Å². The number of rotatable bonds is 3. The minimum Gasteiger partial charge on any atom is -0.399 e. The monoisotopic (exact) mass is 247 g/mol. The molecule has 3 nitrogen and oxygen atoms in total. The van der Waals surface area contributed by atoms with E-state index in [0.29, 0.717) is 6.04 Å². The minimum absolute atomic E-state index is 0.641. The van der Waals surface area contributed by atoms with Gasteiger partial charge in [0.1, 0.15) is 0 Å². The fourth-order valence-corrected chi connectivity index (χ4v) is 2.78. The summed E-state index contributed by atoms with van der Waals surface area (Å²) in [5.41, 5.74) is 8.20. The second-order valence-electron chi connectivity index (χ2n) is 5.45. The van der Waals surface area contributed by atoms with Crippen molar-refractivity contribution < 1.29 is 0 Å². The fraction of sp³-hybridized carbons (Fsp3) is 0.600. The molecular weight excluding hydrogens is 222 g/mol. The van der Waals surface area contributed by atoms with Crippen LogP contribution in [0.2, 0.25) is 0 Å². The van der Waals surface area contributed by atoms with Gasteiger partial charge in [-0.2, -0.15) is 0 Å². The van der Waals surface area contributed by atoms with Gasteiger partial charge < -0.3 is 10.6 Å². The van der Waals surface area contributed by atoms with Crippen LogP contribution >= 0.6 is 0 Å². The van der Waals surface area contributed by atoms with Crippen molar-refractivity contribution in [1.82, 2.24) is 9.80 Å². The van der Waals surface area contributed by atoms with Crippen LogP contribution in [0.15, 0.2) is 24.3 Å². The van der Waals surface area contributed by atoms with E-state index < -0.39 is 0 Å². The Hall–Kier alpha value is -1.06. The standard InChI is InChI=1S/C15H25N3/c1-13-12-17(2)9-5-10-18(13)11-8-14-6-3-4-7-15(14)16/h3-4,6-7,13H,5,8-12,16H2,1-2H3. The highest BCUT2D eigenvalue weighted by Crippen LogP contribution is 2.14. The maximum absolute atomic E-state index is 6.00. The third-order valence-corrected chi connectivity index (χ3v) is 3.91. The Morgan fingerprint density at radius 1 is 1.28 bits per heavy atom. The molecule has 0 aliphatic carbocycles. The number of nitrogen functional groups attached to an aromatic ring is 1. The van der Waals surface area contributed by atoms with Gasteiger partial charge in [-0.05, 0) is 51.5 Å². The van der Waals surface area contributed by atoms with Crippen molar-refractivity contribution in [3.8, 4) is 0 Å². The highest BCUT2D eigenvalue weighted by Gasteiger charge is 2.19. The average Bonchev–Trinajstić information content (AvgIpc) is 2.49. The number of nitrogens with two attached hydrogens (primary N) is 1. The van der Waals surface area contributed by atoms with Crippen molar-refractivity contribution >= 4 is 5.69 Å². The molecule has 3 heteroatoms. The number of anilines is 1. The van der Waals surface area contributed by atoms with Crippen LogP contribution in [0.3, 0.4) is 0 Å². The number of nitrogens with zero attached hydrogens (tertiary/aromatic N) is 2. The fourth-order valence-electron chi connectivity index (χ4n) is 2.78. The van der Waals surface area contributed by atoms with Crippen molar-refractivity contribution in [3.63, 3.8) is 0 Å². The second-order valence-corrected chi connectivity index (χ2v) is 5.45. The van der Waals surface area contributed by atoms with Crippen LogP contribution in [-0.2, 0) is 6.42 Å². The summed E-state index contributed by atoms with van der Waals surface area (Å²) in [5, 5.41) is 0. The highest BCUT2D eigenvalue weighted by molar-refractivity contribution is 5.46. The molecule has 1 aromatic rings. The van der Waals surface area contributed by atoms with Gasteiger partial charge in [0.25, 0.3) is 0 Å². The summed E-state index contributed by atoms with van der Waals surface area (Å²) in [4.78, 5) is 5.03. The zero-order valence-corrected chi connectivity index (χ0v) is 11.6. The molecule has 1 saturated heterocycles. The highest BCUT2D eigenvalue weighted by atomic mass is 15.2. The first-order valence-electron chi connectivity index (χ1n) is 6.93. The third kappa shape index (κ3) is 3.47. The molecule has 0 amide bonds. The molecule has 0 radical (unpaired) electrons. The molecule has 18 heavy (non-hydrogen) atoms. The maximum Gasteiger partial charge on any atom is 0.0347 e. The number of hydrogen-bond acceptors (Lipinski definition) is 3. The smallest absolute Gasteiger partial charge is 0.0347 e. The summed E-state index contributed by atoms with van der Waals surface area (Å²) >= 11 is 0. The minimum atomic E-state index is 0.641. The Balaban J connectivity index is 1.91. The van der Waals surface area contributed by atoms with Gasteiger partial charge in [-0.15, -0.1) is 0 Å². The number of hydrogen-bond donors (Lipinski definition) is 1. The lowest BCUT2D eigenvalue weighted by Gasteiger charge is -2.28. The molecule has 1 aliphatic rings. The van der Waals surface area contributed by atoms with Crippen molar-refractivity contribution in [3.05, 3.63) is 29.8 Å². The topological polar surface area (TPSA) is 32.5 Å². The SMILES string of the molecule is CC1CN(C)CCCN1CCc1ccccc1N. The van der Waals surface area contributed by atoms with Gasteiger partial charge >= 0.3 is 0 Å². The molecule has 2 N–H and O–H groups in total. The van der Waals surface area contributed by atoms with E-state index in [9.17, 15) is 0 Å². The van der Waals surface area contributed by atoms with Gasteiger partial charge in [0.05, 0.1) is 0 Å². The Bertz CT molecular complexity index is 378. The lowest BCUT2D eigenvalue weighted by atomic mass is 10.1. The average molecular weight is 247 g/mol. The van der Waals surface area contributed by atoms with Crippen LogP contribution in [-0.4, -0.2) is 49.1 Å². The first-order chi connectivity index (χ1) is 8.66. The van der Waals surface area contributed by atoms with E-state index in [4.69, 9.17) is 5.73 Å². The van der Waals surface area contributed by atoms with Gasteiger partial charge in [0.2, 0.25) is 0 Å². The molecule has 1 unspecified atom stereocenters. The molecule has 100 valence electrons. The molecule has 1 heterocycles. The quantitative estimate of drug-likeness (QED) is 0.827. The normalized spacial score (nSPS) is 22.9. The number of benzene rings is 1. The van der Waals surface area contributed by atoms with E-state index in [1.54, 1.807) is 0 Å². The molecule has 0 spiro atoms. The Labute approximate surface area is 111 Å². The van der Waals surface area contributed by atoms with Crippen LogP contribution in [0, 0.1) is 0 Å². The third-order valence-electron chi connectivity index (χ3n) is 3.91. The van der Waals surface area contributed by atoms with E-state index in [1.807, 2.05) is 12.1 Å². The van der Waals surface area contributed by atoms with Gasteiger partial charge in [-0.1, -0.05) is 18.2 Å². The Morgan fingerprint density at radius 2 is 2.06 bits per heavy atom. The lowest BCUT2D eigenvalue weighted by Crippen LogP contribution is -2.39. The van der Waals surface area contributed by atoms with Crippen molar-refractivity contribution in [2.75, 3.05) is 39.0 Å². The van der Waals surface area contributed by atoms with Gasteiger partial charge in [-0.3, -0.25) is 4.90 Å². The predicted octanol–water partition coefficient (Wildman–Crippen LogP) is 1.84. The Kier molecular flexibility index (Phi) is 4.61. The molecule has 1 fully saturated rings. The van der Waals surface area contributed by atoms with E-state index in [0.717, 1.165) is 18.7 Å². The first kappa shape index (κ1) is 13.4. The summed E-state index contributed by atoms with van der Waals surface area (Å²) in [6.45, 7) is 7.04. The van der Waals surface area contributed by atoms with Gasteiger partial charge in [-0.25, -0.2) is 0 Å². The van der Waals surface area contributed by atoms with E-state index in [1.165, 1.54) is 31.6 Å². The van der Waals surface area contributed by atoms with E-state index in [-0.39, 0.29) is 0 Å². The second kappa shape index (κ2) is 6.21. The summed E-state index contributed by atoms with van der Waals surface area (Å²) in [7, 11) is 2.22. The molecule has 2 rings (SSSR count). The van der Waals surface area contributed by atoms with Gasteiger partial charge in [0.15, 0.2) is 0 Å². The summed E-state index contributed by atoms with van der Waals surface area (Å²) in [6.07, 6.45) is 2.33. The first-order valence-corrected chi connectivity index (χ1v) is 6.93. The molecule has 1 aliphatic heterocycles. The predicted molar refractivity (Wildman–Crippen MR) is 77.7 cm³/mol. The van der Waals surface area contributed by atoms with E-state index in [2.05, 4.69) is 35.9 Å². The maximum atomic E-state index is 6.00. The van der Waals surface area contributed by atoms with Crippen LogP contribution in [0.5, 0.6) is 0 Å². The molecule has 0 bridgehead atoms. The van der Waals surface area contributed by atoms with Crippen LogP contribution in [0.4, 0.5) is 5.69 Å². The van der Waals surface area contributed by atoms with Crippen molar-refractivity contribution in [1.29, 1.82) is 0 Å². The van der Waals surface area contributed by atoms with Crippen molar-refractivity contribution in [2.45, 2.75) is 25.8 Å². The lowest BCUT2D eigenvalue weighted by molar-refractivity contribution is 0.204. The number of likely N-dealkylation sites (N-methyl/N-ethyl adjacent to an activating group) is 1. The van der Waals surface area contributed by atoms with E-state index >= 15 is 0 Å². The summed E-state index contributed by atoms with van der Waals surface area (Å²) in [5.74, 6) is 0. The zero-order chi connectivity index (χ0) is 13.0. The Morgan fingerprint density at radius 3 is 2.83 bits per heavy atom. The van der Waals surface area contributed by atoms with Crippen LogP contribution in [0.25, 0.3) is 0 Å². The molecular formula is C15H25N3. The summed E-state index contributed by atoms with van der Waals surface area (Å²) in [6, 6.07) is 8.86. The van der Waals surface area contributed by atoms with Crippen LogP contribution < -0.4 is 5.73 Å². The molecule has 0 saturated carbocycles. The van der Waals surface area contributed by atoms with Crippen LogP contribution in [0.1, 0.15) is 18.9 Å². The van der Waals surface area contributed by atoms with Gasteiger partial charge in [0, 0.05) is 24.8 Å². The molecule has 0 aromatic heterocycles.